The van der Waals surface area contributed by atoms with Crippen LogP contribution >= 0.6 is 0 Å². The largest absolute Gasteiger partial charge is 0.478 e. The van der Waals surface area contributed by atoms with Gasteiger partial charge in [0.2, 0.25) is 5.88 Å². The maximum atomic E-state index is 11.0. The summed E-state index contributed by atoms with van der Waals surface area (Å²) in [6, 6.07) is 0. The van der Waals surface area contributed by atoms with Gasteiger partial charge in [-0.25, -0.2) is 4.79 Å². The SMILES string of the molecule is CC.CC.CCOc1nc(=O)n(C)cc1C. The summed E-state index contributed by atoms with van der Waals surface area (Å²) in [5, 5.41) is 0. The van der Waals surface area contributed by atoms with Crippen molar-refractivity contribution in [3.63, 3.8) is 0 Å². The zero-order valence-corrected chi connectivity index (χ0v) is 11.5. The lowest BCUT2D eigenvalue weighted by molar-refractivity contribution is 0.321. The van der Waals surface area contributed by atoms with E-state index in [1.165, 1.54) is 4.57 Å². The van der Waals surface area contributed by atoms with E-state index in [2.05, 4.69) is 4.98 Å². The van der Waals surface area contributed by atoms with Gasteiger partial charge in [-0.1, -0.05) is 27.7 Å². The summed E-state index contributed by atoms with van der Waals surface area (Å²) < 4.78 is 6.58. The zero-order valence-electron chi connectivity index (χ0n) is 11.5. The fraction of sp³-hybridized carbons (Fsp3) is 0.667. The third-order valence-corrected chi connectivity index (χ3v) is 1.50. The van der Waals surface area contributed by atoms with Crippen molar-refractivity contribution in [3.05, 3.63) is 22.2 Å². The van der Waals surface area contributed by atoms with E-state index < -0.39 is 0 Å². The molecule has 0 spiro atoms. The average Bonchev–Trinajstić information content (AvgIpc) is 2.31. The summed E-state index contributed by atoms with van der Waals surface area (Å²) in [6.07, 6.45) is 1.71. The van der Waals surface area contributed by atoms with E-state index in [4.69, 9.17) is 4.74 Å². The van der Waals surface area contributed by atoms with Crippen LogP contribution in [0.3, 0.4) is 0 Å². The van der Waals surface area contributed by atoms with Gasteiger partial charge in [-0.3, -0.25) is 0 Å². The molecule has 0 unspecified atom stereocenters. The Balaban J connectivity index is 0. The van der Waals surface area contributed by atoms with Crippen LogP contribution in [-0.4, -0.2) is 16.2 Å². The Kier molecular flexibility index (Phi) is 10.9. The Labute approximate surface area is 98.3 Å². The van der Waals surface area contributed by atoms with E-state index in [-0.39, 0.29) is 5.69 Å². The van der Waals surface area contributed by atoms with E-state index in [0.717, 1.165) is 5.56 Å². The molecule has 0 bridgehead atoms. The number of hydrogen-bond donors (Lipinski definition) is 0. The molecule has 1 rings (SSSR count). The van der Waals surface area contributed by atoms with Gasteiger partial charge in [-0.2, -0.15) is 4.98 Å². The molecule has 0 N–H and O–H groups in total. The van der Waals surface area contributed by atoms with Crippen molar-refractivity contribution in [2.24, 2.45) is 7.05 Å². The first-order valence-corrected chi connectivity index (χ1v) is 5.82. The molecule has 0 saturated carbocycles. The lowest BCUT2D eigenvalue weighted by atomic mass is 10.4. The molecule has 0 radical (unpaired) electrons. The average molecular weight is 228 g/mol. The minimum absolute atomic E-state index is 0.288. The number of ether oxygens (including phenoxy) is 1. The molecular weight excluding hydrogens is 204 g/mol. The van der Waals surface area contributed by atoms with E-state index in [1.807, 2.05) is 41.5 Å². The van der Waals surface area contributed by atoms with Gasteiger partial charge in [-0.05, 0) is 13.8 Å². The molecule has 0 aliphatic heterocycles. The fourth-order valence-corrected chi connectivity index (χ4v) is 0.938. The number of hydrogen-bond acceptors (Lipinski definition) is 3. The summed E-state index contributed by atoms with van der Waals surface area (Å²) in [5.74, 6) is 0.431. The van der Waals surface area contributed by atoms with Crippen LogP contribution in [0.1, 0.15) is 40.2 Å². The van der Waals surface area contributed by atoms with E-state index in [1.54, 1.807) is 13.2 Å². The van der Waals surface area contributed by atoms with Crippen LogP contribution in [0.5, 0.6) is 5.88 Å². The van der Waals surface area contributed by atoms with Crippen molar-refractivity contribution >= 4 is 0 Å². The van der Waals surface area contributed by atoms with Gasteiger partial charge in [0.25, 0.3) is 0 Å². The molecule has 4 nitrogen and oxygen atoms in total. The van der Waals surface area contributed by atoms with Crippen molar-refractivity contribution in [3.8, 4) is 5.88 Å². The number of rotatable bonds is 2. The maximum Gasteiger partial charge on any atom is 0.350 e. The highest BCUT2D eigenvalue weighted by Gasteiger charge is 2.02. The zero-order chi connectivity index (χ0) is 13.1. The molecule has 0 amide bonds. The van der Waals surface area contributed by atoms with Crippen LogP contribution in [0.15, 0.2) is 11.0 Å². The Hall–Kier alpha value is -1.32. The Bertz CT molecular complexity index is 332. The molecule has 1 heterocycles. The molecule has 0 atom stereocenters. The summed E-state index contributed by atoms with van der Waals surface area (Å²) in [5.41, 5.74) is 0.586. The summed E-state index contributed by atoms with van der Waals surface area (Å²) in [7, 11) is 1.66. The predicted octanol–water partition coefficient (Wildman–Crippen LogP) is 2.54. The van der Waals surface area contributed by atoms with Crippen LogP contribution in [0.4, 0.5) is 0 Å². The molecule has 16 heavy (non-hydrogen) atoms. The molecule has 0 aromatic carbocycles. The molecule has 0 aliphatic rings. The summed E-state index contributed by atoms with van der Waals surface area (Å²) in [6.45, 7) is 12.2. The second-order valence-electron chi connectivity index (χ2n) is 2.56. The predicted molar refractivity (Wildman–Crippen MR) is 68.1 cm³/mol. The monoisotopic (exact) mass is 228 g/mol. The normalized spacial score (nSPS) is 8.19. The lowest BCUT2D eigenvalue weighted by Crippen LogP contribution is -2.20. The first-order chi connectivity index (χ1) is 7.65. The van der Waals surface area contributed by atoms with Crippen LogP contribution in [0.2, 0.25) is 0 Å². The Morgan fingerprint density at radius 1 is 1.31 bits per heavy atom. The molecular formula is C12H24N2O2. The van der Waals surface area contributed by atoms with Crippen LogP contribution < -0.4 is 10.4 Å². The minimum atomic E-state index is -0.288. The van der Waals surface area contributed by atoms with Crippen LogP contribution in [-0.2, 0) is 7.05 Å². The lowest BCUT2D eigenvalue weighted by Gasteiger charge is -2.05. The van der Waals surface area contributed by atoms with E-state index >= 15 is 0 Å². The quantitative estimate of drug-likeness (QED) is 0.781. The van der Waals surface area contributed by atoms with Crippen LogP contribution in [0.25, 0.3) is 0 Å². The van der Waals surface area contributed by atoms with Crippen molar-refractivity contribution in [2.45, 2.75) is 41.5 Å². The van der Waals surface area contributed by atoms with Crippen molar-refractivity contribution in [1.82, 2.24) is 9.55 Å². The molecule has 0 saturated heterocycles. The van der Waals surface area contributed by atoms with Gasteiger partial charge < -0.3 is 9.30 Å². The first kappa shape index (κ1) is 17.1. The molecule has 94 valence electrons. The maximum absolute atomic E-state index is 11.0. The second kappa shape index (κ2) is 10.2. The number of nitrogens with zero attached hydrogens (tertiary/aromatic N) is 2. The highest BCUT2D eigenvalue weighted by Crippen LogP contribution is 2.09. The minimum Gasteiger partial charge on any atom is -0.478 e. The third-order valence-electron chi connectivity index (χ3n) is 1.50. The highest BCUT2D eigenvalue weighted by molar-refractivity contribution is 5.20. The molecule has 0 fully saturated rings. The molecule has 0 aliphatic carbocycles. The number of aryl methyl sites for hydroxylation is 2. The van der Waals surface area contributed by atoms with E-state index in [0.29, 0.717) is 12.5 Å². The highest BCUT2D eigenvalue weighted by atomic mass is 16.5. The molecule has 1 aromatic heterocycles. The van der Waals surface area contributed by atoms with Crippen molar-refractivity contribution < 1.29 is 4.74 Å². The van der Waals surface area contributed by atoms with Gasteiger partial charge in [0, 0.05) is 18.8 Å². The van der Waals surface area contributed by atoms with Gasteiger partial charge >= 0.3 is 5.69 Å². The fourth-order valence-electron chi connectivity index (χ4n) is 0.938. The van der Waals surface area contributed by atoms with Crippen molar-refractivity contribution in [1.29, 1.82) is 0 Å². The van der Waals surface area contributed by atoms with Gasteiger partial charge in [-0.15, -0.1) is 0 Å². The molecule has 4 heteroatoms. The standard InChI is InChI=1S/C8H12N2O2.2C2H6/c1-4-12-7-6(2)5-10(3)8(11)9-7;2*1-2/h5H,4H2,1-3H3;2*1-2H3. The van der Waals surface area contributed by atoms with Gasteiger partial charge in [0.15, 0.2) is 0 Å². The molecule has 1 aromatic rings. The first-order valence-electron chi connectivity index (χ1n) is 5.82. The topological polar surface area (TPSA) is 44.1 Å². The van der Waals surface area contributed by atoms with Gasteiger partial charge in [0.1, 0.15) is 0 Å². The smallest absolute Gasteiger partial charge is 0.350 e. The second-order valence-corrected chi connectivity index (χ2v) is 2.56. The van der Waals surface area contributed by atoms with Gasteiger partial charge in [0.05, 0.1) is 6.61 Å². The van der Waals surface area contributed by atoms with Crippen LogP contribution in [0, 0.1) is 6.92 Å². The third kappa shape index (κ3) is 5.53. The van der Waals surface area contributed by atoms with E-state index in [9.17, 15) is 4.79 Å². The Morgan fingerprint density at radius 3 is 2.25 bits per heavy atom. The number of aromatic nitrogens is 2. The van der Waals surface area contributed by atoms with Crippen molar-refractivity contribution in [2.75, 3.05) is 6.61 Å². The Morgan fingerprint density at radius 2 is 1.81 bits per heavy atom. The summed E-state index contributed by atoms with van der Waals surface area (Å²) in [4.78, 5) is 14.8. The summed E-state index contributed by atoms with van der Waals surface area (Å²) >= 11 is 0.